The number of thiazole rings is 1. The zero-order valence-corrected chi connectivity index (χ0v) is 17.7. The van der Waals surface area contributed by atoms with Crippen LogP contribution in [-0.4, -0.2) is 20.5 Å². The van der Waals surface area contributed by atoms with E-state index in [1.54, 1.807) is 24.3 Å². The van der Waals surface area contributed by atoms with Crippen LogP contribution in [0.1, 0.15) is 25.8 Å². The van der Waals surface area contributed by atoms with Crippen LogP contribution in [0.5, 0.6) is 5.75 Å². The van der Waals surface area contributed by atoms with E-state index < -0.39 is 15.7 Å². The SMILES string of the molecule is COc1cccc(S(=O)(=O)c2sc([CH]C(C)(C)C)nc2-c2ccccc2F)c1. The zero-order valence-electron chi connectivity index (χ0n) is 16.1. The van der Waals surface area contributed by atoms with Crippen LogP contribution >= 0.6 is 11.3 Å². The van der Waals surface area contributed by atoms with E-state index in [0.717, 1.165) is 11.3 Å². The topological polar surface area (TPSA) is 56.3 Å². The smallest absolute Gasteiger partial charge is 0.218 e. The minimum atomic E-state index is -3.91. The number of ether oxygens (including phenoxy) is 1. The third kappa shape index (κ3) is 4.25. The highest BCUT2D eigenvalue weighted by molar-refractivity contribution is 7.93. The van der Waals surface area contributed by atoms with Gasteiger partial charge in [0.2, 0.25) is 9.84 Å². The Kier molecular flexibility index (Phi) is 5.59. The molecular weight excluding hydrogens is 397 g/mol. The maximum absolute atomic E-state index is 14.5. The third-order valence-electron chi connectivity index (χ3n) is 3.89. The summed E-state index contributed by atoms with van der Waals surface area (Å²) in [6.45, 7) is 5.98. The number of methoxy groups -OCH3 is 1. The predicted octanol–water partition coefficient (Wildman–Crippen LogP) is 5.39. The first kappa shape index (κ1) is 20.5. The van der Waals surface area contributed by atoms with Gasteiger partial charge in [0.25, 0.3) is 0 Å². The average Bonchev–Trinajstić information content (AvgIpc) is 3.04. The lowest BCUT2D eigenvalue weighted by molar-refractivity contribution is 0.413. The molecule has 28 heavy (non-hydrogen) atoms. The quantitative estimate of drug-likeness (QED) is 0.557. The summed E-state index contributed by atoms with van der Waals surface area (Å²) in [4.78, 5) is 4.55. The normalized spacial score (nSPS) is 12.2. The Balaban J connectivity index is 2.22. The maximum atomic E-state index is 14.5. The van der Waals surface area contributed by atoms with Gasteiger partial charge in [-0.05, 0) is 35.7 Å². The van der Waals surface area contributed by atoms with Crippen molar-refractivity contribution >= 4 is 21.2 Å². The van der Waals surface area contributed by atoms with Crippen molar-refractivity contribution in [1.29, 1.82) is 0 Å². The van der Waals surface area contributed by atoms with Crippen molar-refractivity contribution < 1.29 is 17.5 Å². The van der Waals surface area contributed by atoms with Gasteiger partial charge < -0.3 is 4.74 Å². The lowest BCUT2D eigenvalue weighted by atomic mass is 9.93. The standard InChI is InChI=1S/C21H21FNO3S2/c1-21(2,3)13-18-23-19(16-10-5-6-11-17(16)22)20(27-18)28(24,25)15-9-7-8-14(12-15)26-4/h5-13H,1-4H3. The molecule has 7 heteroatoms. The van der Waals surface area contributed by atoms with Crippen molar-refractivity contribution in [2.45, 2.75) is 29.9 Å². The molecule has 147 valence electrons. The Bertz CT molecular complexity index is 1100. The van der Waals surface area contributed by atoms with Gasteiger partial charge in [-0.25, -0.2) is 17.8 Å². The number of rotatable bonds is 5. The highest BCUT2D eigenvalue weighted by Crippen LogP contribution is 2.39. The molecule has 0 N–H and O–H groups in total. The molecule has 1 aromatic heterocycles. The lowest BCUT2D eigenvalue weighted by Crippen LogP contribution is -2.05. The molecule has 4 nitrogen and oxygen atoms in total. The van der Waals surface area contributed by atoms with Gasteiger partial charge in [-0.2, -0.15) is 0 Å². The summed E-state index contributed by atoms with van der Waals surface area (Å²) < 4.78 is 46.3. The number of benzene rings is 2. The Labute approximate surface area is 168 Å². The molecule has 1 radical (unpaired) electrons. The fraction of sp³-hybridized carbons (Fsp3) is 0.238. The van der Waals surface area contributed by atoms with E-state index in [1.165, 1.54) is 31.4 Å². The second kappa shape index (κ2) is 7.64. The van der Waals surface area contributed by atoms with E-state index in [9.17, 15) is 12.8 Å². The van der Waals surface area contributed by atoms with Gasteiger partial charge in [0.15, 0.2) is 4.21 Å². The molecule has 0 atom stereocenters. The van der Waals surface area contributed by atoms with Crippen molar-refractivity contribution in [3.05, 3.63) is 65.8 Å². The molecule has 0 spiro atoms. The number of hydrogen-bond acceptors (Lipinski definition) is 5. The number of aromatic nitrogens is 1. The maximum Gasteiger partial charge on any atom is 0.218 e. The zero-order chi connectivity index (χ0) is 20.5. The molecule has 0 saturated carbocycles. The number of halogens is 1. The van der Waals surface area contributed by atoms with Crippen LogP contribution < -0.4 is 4.74 Å². The molecule has 2 aromatic carbocycles. The van der Waals surface area contributed by atoms with E-state index >= 15 is 0 Å². The minimum absolute atomic E-state index is 0.0151. The largest absolute Gasteiger partial charge is 0.497 e. The molecular formula is C21H21FNO3S2. The molecule has 0 aliphatic heterocycles. The molecule has 0 aliphatic rings. The molecule has 0 unspecified atom stereocenters. The number of nitrogens with zero attached hydrogens (tertiary/aromatic N) is 1. The van der Waals surface area contributed by atoms with E-state index in [2.05, 4.69) is 4.98 Å². The first-order valence-electron chi connectivity index (χ1n) is 8.62. The molecule has 3 rings (SSSR count). The molecule has 0 saturated heterocycles. The molecule has 0 aliphatic carbocycles. The molecule has 0 bridgehead atoms. The van der Waals surface area contributed by atoms with Gasteiger partial charge in [-0.15, -0.1) is 11.3 Å². The lowest BCUT2D eigenvalue weighted by Gasteiger charge is -2.14. The van der Waals surface area contributed by atoms with E-state index in [-0.39, 0.29) is 25.8 Å². The monoisotopic (exact) mass is 418 g/mol. The van der Waals surface area contributed by atoms with Gasteiger partial charge in [0, 0.05) is 12.0 Å². The van der Waals surface area contributed by atoms with Crippen LogP contribution in [0.25, 0.3) is 11.3 Å². The van der Waals surface area contributed by atoms with Crippen LogP contribution in [-0.2, 0) is 9.84 Å². The second-order valence-corrected chi connectivity index (χ2v) is 10.5. The summed E-state index contributed by atoms with van der Waals surface area (Å²) in [6, 6.07) is 12.3. The van der Waals surface area contributed by atoms with Crippen molar-refractivity contribution in [3.8, 4) is 17.0 Å². The van der Waals surface area contributed by atoms with Crippen molar-refractivity contribution in [2.24, 2.45) is 5.41 Å². The molecule has 0 amide bonds. The van der Waals surface area contributed by atoms with Crippen LogP contribution in [0.2, 0.25) is 0 Å². The third-order valence-corrected chi connectivity index (χ3v) is 7.15. The highest BCUT2D eigenvalue weighted by Gasteiger charge is 2.29. The summed E-state index contributed by atoms with van der Waals surface area (Å²) >= 11 is 1.04. The van der Waals surface area contributed by atoms with Crippen LogP contribution in [0.15, 0.2) is 57.6 Å². The van der Waals surface area contributed by atoms with Gasteiger partial charge in [0.05, 0.1) is 17.0 Å². The summed E-state index contributed by atoms with van der Waals surface area (Å²) in [5.41, 5.74) is 0.0802. The Hall–Kier alpha value is -2.25. The van der Waals surface area contributed by atoms with Crippen LogP contribution in [0, 0.1) is 17.7 Å². The van der Waals surface area contributed by atoms with Gasteiger partial charge in [-0.3, -0.25) is 0 Å². The summed E-state index contributed by atoms with van der Waals surface area (Å²) in [5.74, 6) is -0.0864. The minimum Gasteiger partial charge on any atom is -0.497 e. The predicted molar refractivity (Wildman–Crippen MR) is 109 cm³/mol. The summed E-state index contributed by atoms with van der Waals surface area (Å²) in [7, 11) is -2.44. The first-order valence-corrected chi connectivity index (χ1v) is 10.9. The number of hydrogen-bond donors (Lipinski definition) is 0. The van der Waals surface area contributed by atoms with E-state index in [4.69, 9.17) is 4.74 Å². The summed E-state index contributed by atoms with van der Waals surface area (Å²) in [6.07, 6.45) is 1.88. The molecule has 1 heterocycles. The Morgan fingerprint density at radius 2 is 1.82 bits per heavy atom. The van der Waals surface area contributed by atoms with Crippen molar-refractivity contribution in [3.63, 3.8) is 0 Å². The fourth-order valence-corrected chi connectivity index (χ4v) is 5.76. The number of sulfone groups is 1. The van der Waals surface area contributed by atoms with Crippen LogP contribution in [0.4, 0.5) is 4.39 Å². The van der Waals surface area contributed by atoms with Gasteiger partial charge in [0.1, 0.15) is 17.3 Å². The van der Waals surface area contributed by atoms with E-state index in [0.29, 0.717) is 10.8 Å². The van der Waals surface area contributed by atoms with Gasteiger partial charge in [-0.1, -0.05) is 39.0 Å². The van der Waals surface area contributed by atoms with Crippen molar-refractivity contribution in [1.82, 2.24) is 4.98 Å². The van der Waals surface area contributed by atoms with E-state index in [1.807, 2.05) is 27.2 Å². The average molecular weight is 419 g/mol. The van der Waals surface area contributed by atoms with Crippen LogP contribution in [0.3, 0.4) is 0 Å². The fourth-order valence-electron chi connectivity index (χ4n) is 2.64. The van der Waals surface area contributed by atoms with Crippen molar-refractivity contribution in [2.75, 3.05) is 7.11 Å². The Morgan fingerprint density at radius 3 is 2.46 bits per heavy atom. The summed E-state index contributed by atoms with van der Waals surface area (Å²) in [5, 5.41) is 0.534. The Morgan fingerprint density at radius 1 is 1.11 bits per heavy atom. The van der Waals surface area contributed by atoms with Gasteiger partial charge >= 0.3 is 0 Å². The molecule has 3 aromatic rings. The highest BCUT2D eigenvalue weighted by atomic mass is 32.2. The second-order valence-electron chi connectivity index (χ2n) is 7.36. The molecule has 0 fully saturated rings. The first-order chi connectivity index (χ1) is 13.1.